The van der Waals surface area contributed by atoms with Gasteiger partial charge in [0.1, 0.15) is 5.75 Å². The van der Waals surface area contributed by atoms with Crippen molar-refractivity contribution in [2.75, 3.05) is 53.9 Å². The predicted molar refractivity (Wildman–Crippen MR) is 127 cm³/mol. The summed E-state index contributed by atoms with van der Waals surface area (Å²) in [6.07, 6.45) is 2.61. The molecule has 0 bridgehead atoms. The average Bonchev–Trinajstić information content (AvgIpc) is 3.48. The number of nitrogens with one attached hydrogen (secondary N) is 2. The Balaban J connectivity index is 0.00000280. The van der Waals surface area contributed by atoms with E-state index >= 15 is 0 Å². The molecule has 7 heteroatoms. The molecule has 0 spiro atoms. The molecule has 1 unspecified atom stereocenters. The van der Waals surface area contributed by atoms with Crippen molar-refractivity contribution in [3.63, 3.8) is 0 Å². The van der Waals surface area contributed by atoms with Gasteiger partial charge in [-0.1, -0.05) is 12.1 Å². The number of ether oxygens (including phenoxy) is 1. The smallest absolute Gasteiger partial charge is 0.191 e. The normalized spacial score (nSPS) is 21.1. The minimum absolute atomic E-state index is 0. The molecule has 1 heterocycles. The van der Waals surface area contributed by atoms with Gasteiger partial charge in [0, 0.05) is 51.4 Å². The van der Waals surface area contributed by atoms with E-state index in [-0.39, 0.29) is 24.0 Å². The van der Waals surface area contributed by atoms with Crippen LogP contribution in [-0.2, 0) is 6.54 Å². The second kappa shape index (κ2) is 11.2. The van der Waals surface area contributed by atoms with E-state index in [1.165, 1.54) is 24.0 Å². The highest BCUT2D eigenvalue weighted by atomic mass is 127. The molecule has 158 valence electrons. The summed E-state index contributed by atoms with van der Waals surface area (Å²) in [5, 5.41) is 6.92. The zero-order valence-corrected chi connectivity index (χ0v) is 20.0. The number of hydrogen-bond acceptors (Lipinski definition) is 4. The van der Waals surface area contributed by atoms with Gasteiger partial charge in [0.15, 0.2) is 5.96 Å². The number of guanidine groups is 1. The quantitative estimate of drug-likeness (QED) is 0.341. The Kier molecular flexibility index (Phi) is 9.30. The molecule has 2 aliphatic rings. The van der Waals surface area contributed by atoms with E-state index in [1.807, 2.05) is 7.05 Å². The molecule has 0 amide bonds. The minimum atomic E-state index is 0. The molecule has 2 N–H and O–H groups in total. The Bertz CT molecular complexity index is 650. The number of halogens is 1. The molecule has 3 rings (SSSR count). The van der Waals surface area contributed by atoms with E-state index in [1.54, 1.807) is 0 Å². The molecule has 1 aromatic rings. The first kappa shape index (κ1) is 23.2. The molecule has 6 nitrogen and oxygen atoms in total. The van der Waals surface area contributed by atoms with Gasteiger partial charge in [-0.15, -0.1) is 24.0 Å². The minimum Gasteiger partial charge on any atom is -0.493 e. The third kappa shape index (κ3) is 7.08. The summed E-state index contributed by atoms with van der Waals surface area (Å²) in [6, 6.07) is 6.94. The first-order chi connectivity index (χ1) is 13.0. The SMILES string of the molecule is CN=C(NCc1ccc(C)cc1OCC1CC1)NCC1CN(C)CCN1C.I. The van der Waals surface area contributed by atoms with E-state index in [2.05, 4.69) is 64.6 Å². The van der Waals surface area contributed by atoms with Crippen LogP contribution in [0.25, 0.3) is 0 Å². The van der Waals surface area contributed by atoms with Crippen molar-refractivity contribution >= 4 is 29.9 Å². The van der Waals surface area contributed by atoms with Crippen LogP contribution in [0.15, 0.2) is 23.2 Å². The van der Waals surface area contributed by atoms with Crippen LogP contribution in [0.3, 0.4) is 0 Å². The molecule has 0 aromatic heterocycles. The van der Waals surface area contributed by atoms with Crippen LogP contribution in [0.4, 0.5) is 0 Å². The number of nitrogens with zero attached hydrogens (tertiary/aromatic N) is 3. The number of rotatable bonds is 7. The topological polar surface area (TPSA) is 52.1 Å². The van der Waals surface area contributed by atoms with Gasteiger partial charge < -0.3 is 20.3 Å². The van der Waals surface area contributed by atoms with Gasteiger partial charge in [-0.3, -0.25) is 9.89 Å². The summed E-state index contributed by atoms with van der Waals surface area (Å²) in [4.78, 5) is 9.19. The number of aryl methyl sites for hydroxylation is 1. The molecule has 1 saturated carbocycles. The van der Waals surface area contributed by atoms with Crippen LogP contribution in [0, 0.1) is 12.8 Å². The van der Waals surface area contributed by atoms with E-state index in [0.717, 1.165) is 50.4 Å². The highest BCUT2D eigenvalue weighted by Crippen LogP contribution is 2.30. The van der Waals surface area contributed by atoms with Gasteiger partial charge >= 0.3 is 0 Å². The summed E-state index contributed by atoms with van der Waals surface area (Å²) in [5.74, 6) is 2.59. The number of likely N-dealkylation sites (N-methyl/N-ethyl adjacent to an activating group) is 2. The molecule has 2 fully saturated rings. The highest BCUT2D eigenvalue weighted by molar-refractivity contribution is 14.0. The lowest BCUT2D eigenvalue weighted by molar-refractivity contribution is 0.116. The van der Waals surface area contributed by atoms with Crippen molar-refractivity contribution in [2.45, 2.75) is 32.4 Å². The van der Waals surface area contributed by atoms with Crippen molar-refractivity contribution in [1.29, 1.82) is 0 Å². The van der Waals surface area contributed by atoms with Crippen LogP contribution in [-0.4, -0.2) is 75.7 Å². The molecule has 1 aromatic carbocycles. The Labute approximate surface area is 187 Å². The fraction of sp³-hybridized carbons (Fsp3) is 0.667. The van der Waals surface area contributed by atoms with Gasteiger partial charge in [-0.2, -0.15) is 0 Å². The Hall–Kier alpha value is -1.06. The third-order valence-corrected chi connectivity index (χ3v) is 5.55. The summed E-state index contributed by atoms with van der Waals surface area (Å²) in [6.45, 7) is 7.87. The van der Waals surface area contributed by atoms with Gasteiger partial charge in [-0.25, -0.2) is 0 Å². The summed E-state index contributed by atoms with van der Waals surface area (Å²) >= 11 is 0. The largest absolute Gasteiger partial charge is 0.493 e. The molecule has 1 aliphatic carbocycles. The first-order valence-corrected chi connectivity index (χ1v) is 10.1. The number of piperazine rings is 1. The van der Waals surface area contributed by atoms with Crippen LogP contribution >= 0.6 is 24.0 Å². The van der Waals surface area contributed by atoms with E-state index in [4.69, 9.17) is 4.74 Å². The maximum Gasteiger partial charge on any atom is 0.191 e. The van der Waals surface area contributed by atoms with Crippen molar-refractivity contribution in [1.82, 2.24) is 20.4 Å². The molecular formula is C21H36IN5O. The van der Waals surface area contributed by atoms with Gasteiger partial charge in [-0.05, 0) is 51.4 Å². The summed E-state index contributed by atoms with van der Waals surface area (Å²) < 4.78 is 6.08. The number of hydrogen-bond donors (Lipinski definition) is 2. The van der Waals surface area contributed by atoms with Crippen LogP contribution in [0.1, 0.15) is 24.0 Å². The van der Waals surface area contributed by atoms with Crippen LogP contribution in [0.2, 0.25) is 0 Å². The lowest BCUT2D eigenvalue weighted by atomic mass is 10.1. The van der Waals surface area contributed by atoms with E-state index in [0.29, 0.717) is 12.6 Å². The van der Waals surface area contributed by atoms with Gasteiger partial charge in [0.05, 0.1) is 6.61 Å². The summed E-state index contributed by atoms with van der Waals surface area (Å²) in [5.41, 5.74) is 2.41. The Morgan fingerprint density at radius 1 is 1.21 bits per heavy atom. The van der Waals surface area contributed by atoms with Crippen molar-refractivity contribution in [2.24, 2.45) is 10.9 Å². The molecule has 0 radical (unpaired) electrons. The lowest BCUT2D eigenvalue weighted by Gasteiger charge is -2.37. The molecule has 1 atom stereocenters. The average molecular weight is 501 g/mol. The fourth-order valence-corrected chi connectivity index (χ4v) is 3.37. The van der Waals surface area contributed by atoms with Gasteiger partial charge in [0.2, 0.25) is 0 Å². The fourth-order valence-electron chi connectivity index (χ4n) is 3.37. The monoisotopic (exact) mass is 501 g/mol. The maximum absolute atomic E-state index is 6.08. The summed E-state index contributed by atoms with van der Waals surface area (Å²) in [7, 11) is 6.21. The Morgan fingerprint density at radius 3 is 2.71 bits per heavy atom. The zero-order chi connectivity index (χ0) is 19.2. The number of benzene rings is 1. The first-order valence-electron chi connectivity index (χ1n) is 10.1. The molecule has 1 aliphatic heterocycles. The highest BCUT2D eigenvalue weighted by Gasteiger charge is 2.23. The van der Waals surface area contributed by atoms with Crippen molar-refractivity contribution < 1.29 is 4.74 Å². The second-order valence-electron chi connectivity index (χ2n) is 8.07. The maximum atomic E-state index is 6.08. The third-order valence-electron chi connectivity index (χ3n) is 5.55. The van der Waals surface area contributed by atoms with Crippen LogP contribution in [0.5, 0.6) is 5.75 Å². The van der Waals surface area contributed by atoms with E-state index in [9.17, 15) is 0 Å². The molecule has 1 saturated heterocycles. The predicted octanol–water partition coefficient (Wildman–Crippen LogP) is 2.31. The van der Waals surface area contributed by atoms with Crippen LogP contribution < -0.4 is 15.4 Å². The van der Waals surface area contributed by atoms with Crippen molar-refractivity contribution in [3.8, 4) is 5.75 Å². The van der Waals surface area contributed by atoms with Crippen molar-refractivity contribution in [3.05, 3.63) is 29.3 Å². The lowest BCUT2D eigenvalue weighted by Crippen LogP contribution is -2.55. The van der Waals surface area contributed by atoms with Gasteiger partial charge in [0.25, 0.3) is 0 Å². The zero-order valence-electron chi connectivity index (χ0n) is 17.7. The standard InChI is InChI=1S/C21H35N5O.HI/c1-16-5-8-18(20(11-16)27-15-17-6-7-17)12-23-21(22-2)24-13-19-14-25(3)9-10-26(19)4;/h5,8,11,17,19H,6-7,9-10,12-15H2,1-4H3,(H2,22,23,24);1H. The Morgan fingerprint density at radius 2 is 2.00 bits per heavy atom. The second-order valence-corrected chi connectivity index (χ2v) is 8.07. The molecule has 28 heavy (non-hydrogen) atoms. The molecular weight excluding hydrogens is 465 g/mol. The van der Waals surface area contributed by atoms with E-state index < -0.39 is 0 Å². The number of aliphatic imine (C=N–C) groups is 1.